The van der Waals surface area contributed by atoms with Crippen molar-refractivity contribution in [2.45, 2.75) is 0 Å². The number of thiol groups is 2. The second-order valence-corrected chi connectivity index (χ2v) is 3.65. The van der Waals surface area contributed by atoms with E-state index in [0.717, 1.165) is 0 Å². The quantitative estimate of drug-likeness (QED) is 0.362. The summed E-state index contributed by atoms with van der Waals surface area (Å²) < 4.78 is 0.389. The van der Waals surface area contributed by atoms with E-state index in [-0.39, 0.29) is 5.48 Å². The lowest BCUT2D eigenvalue weighted by molar-refractivity contribution is -0.583. The topological polar surface area (TPSA) is 30.0 Å². The molecule has 0 spiro atoms. The minimum atomic E-state index is 0. The van der Waals surface area contributed by atoms with Gasteiger partial charge in [-0.1, -0.05) is 0 Å². The molecule has 0 aromatic carbocycles. The van der Waals surface area contributed by atoms with Crippen molar-refractivity contribution in [3.63, 3.8) is 0 Å². The first-order chi connectivity index (χ1) is 2.00. The van der Waals surface area contributed by atoms with Crippen LogP contribution in [0.5, 0.6) is 0 Å². The number of quaternary nitrogens is 1. The third kappa shape index (κ3) is 157. The van der Waals surface area contributed by atoms with Crippen molar-refractivity contribution in [2.24, 2.45) is 0 Å². The molecule has 40 valence electrons. The van der Waals surface area contributed by atoms with Crippen LogP contribution in [0.3, 0.4) is 0 Å². The van der Waals surface area contributed by atoms with Crippen LogP contribution in [0.15, 0.2) is 0 Å². The molecule has 1 N–H and O–H groups in total. The maximum atomic E-state index is 3.92. The lowest BCUT2D eigenvalue weighted by atomic mass is 11.3. The lowest BCUT2D eigenvalue weighted by Gasteiger charge is -2.07. The van der Waals surface area contributed by atoms with Crippen molar-refractivity contribution in [3.05, 3.63) is 0 Å². The third-order valence-corrected chi connectivity index (χ3v) is 0. The van der Waals surface area contributed by atoms with Gasteiger partial charge in [0.2, 0.25) is 0 Å². The Morgan fingerprint density at radius 1 is 1.17 bits per heavy atom. The minimum absolute atomic E-state index is 0. The highest BCUT2D eigenvalue weighted by molar-refractivity contribution is 7.87. The molecule has 0 aliphatic heterocycles. The second kappa shape index (κ2) is 2.74. The lowest BCUT2D eigenvalue weighted by Crippen LogP contribution is -2.11. The van der Waals surface area contributed by atoms with E-state index in [2.05, 4.69) is 25.6 Å². The summed E-state index contributed by atoms with van der Waals surface area (Å²) in [5.41, 5.74) is 0. The maximum absolute atomic E-state index is 3.92. The molecular formula is C2H9NOS2. The molecule has 0 aliphatic carbocycles. The third-order valence-electron chi connectivity index (χ3n) is 0. The summed E-state index contributed by atoms with van der Waals surface area (Å²) in [6.45, 7) is 0. The van der Waals surface area contributed by atoms with Crippen molar-refractivity contribution < 1.29 is 8.77 Å². The van der Waals surface area contributed by atoms with E-state index >= 15 is 0 Å². The average molecular weight is 127 g/mol. The Morgan fingerprint density at radius 3 is 1.17 bits per heavy atom. The Morgan fingerprint density at radius 2 is 1.17 bits per heavy atom. The number of hydrogen-bond donors (Lipinski definition) is 2. The first-order valence-corrected chi connectivity index (χ1v) is 2.09. The van der Waals surface area contributed by atoms with Gasteiger partial charge in [-0.05, 0) is 0 Å². The first kappa shape index (κ1) is 9.80. The van der Waals surface area contributed by atoms with E-state index in [0.29, 0.717) is 3.29 Å². The summed E-state index contributed by atoms with van der Waals surface area (Å²) in [4.78, 5) is 0. The standard InChI is InChI=1S/C2H8NS2.H2O/c1-3(2,4)5;/h4-5H,1-2H3;1H2/q+1;/p-1. The molecule has 0 fully saturated rings. The molecule has 6 heavy (non-hydrogen) atoms. The van der Waals surface area contributed by atoms with Crippen molar-refractivity contribution in [2.75, 3.05) is 14.1 Å². The van der Waals surface area contributed by atoms with Crippen LogP contribution in [-0.2, 0) is 0 Å². The monoisotopic (exact) mass is 127 g/mol. The molecule has 0 atom stereocenters. The second-order valence-electron chi connectivity index (χ2n) is 1.34. The largest absolute Gasteiger partial charge is 0.870 e. The molecule has 0 rings (SSSR count). The van der Waals surface area contributed by atoms with Gasteiger partial charge >= 0.3 is 0 Å². The Labute approximate surface area is 49.1 Å². The van der Waals surface area contributed by atoms with Crippen LogP contribution in [0.25, 0.3) is 0 Å². The van der Waals surface area contributed by atoms with E-state index in [9.17, 15) is 0 Å². The summed E-state index contributed by atoms with van der Waals surface area (Å²) in [5.74, 6) is 0. The van der Waals surface area contributed by atoms with Gasteiger partial charge in [0.1, 0.15) is 0 Å². The Hall–Kier alpha value is 0.620. The summed E-state index contributed by atoms with van der Waals surface area (Å²) in [6.07, 6.45) is 0. The Balaban J connectivity index is 0. The van der Waals surface area contributed by atoms with E-state index in [1.165, 1.54) is 0 Å². The summed E-state index contributed by atoms with van der Waals surface area (Å²) in [7, 11) is 3.71. The van der Waals surface area contributed by atoms with Crippen molar-refractivity contribution in [1.29, 1.82) is 0 Å². The summed E-state index contributed by atoms with van der Waals surface area (Å²) >= 11 is 7.85. The molecule has 0 aromatic rings. The SMILES string of the molecule is C[N+](C)(S)S.[OH-]. The molecule has 0 aliphatic rings. The number of hydrogen-bond acceptors (Lipinski definition) is 3. The molecule has 0 bridgehead atoms. The fourth-order valence-corrected chi connectivity index (χ4v) is 0. The average Bonchev–Trinajstić information content (AvgIpc) is 0.722. The van der Waals surface area contributed by atoms with Crippen LogP contribution in [0.1, 0.15) is 0 Å². The van der Waals surface area contributed by atoms with E-state index in [1.807, 2.05) is 14.1 Å². The van der Waals surface area contributed by atoms with Crippen molar-refractivity contribution in [1.82, 2.24) is 0 Å². The molecule has 0 amide bonds. The Bertz CT molecular complexity index is 27.0. The predicted octanol–water partition coefficient (Wildman–Crippen LogP) is 0.576. The van der Waals surface area contributed by atoms with Gasteiger partial charge in [-0.3, -0.25) is 0 Å². The van der Waals surface area contributed by atoms with Crippen LogP contribution < -0.4 is 0 Å². The van der Waals surface area contributed by atoms with Gasteiger partial charge in [-0.25, -0.2) is 3.29 Å². The number of rotatable bonds is 0. The van der Waals surface area contributed by atoms with Crippen LogP contribution in [0.2, 0.25) is 0 Å². The predicted molar refractivity (Wildman–Crippen MR) is 32.0 cm³/mol. The Kier molecular flexibility index (Phi) is 4.47. The highest BCUT2D eigenvalue weighted by atomic mass is 32.2. The highest BCUT2D eigenvalue weighted by Gasteiger charge is 1.94. The van der Waals surface area contributed by atoms with Gasteiger partial charge in [0.05, 0.1) is 39.7 Å². The molecule has 0 saturated heterocycles. The minimum Gasteiger partial charge on any atom is -0.870 e. The molecule has 0 unspecified atom stereocenters. The highest BCUT2D eigenvalue weighted by Crippen LogP contribution is 2.02. The molecule has 0 saturated carbocycles. The van der Waals surface area contributed by atoms with Crippen LogP contribution in [0, 0.1) is 0 Å². The van der Waals surface area contributed by atoms with Crippen LogP contribution in [-0.4, -0.2) is 22.9 Å². The molecule has 0 aromatic heterocycles. The zero-order valence-electron chi connectivity index (χ0n) is 3.79. The van der Waals surface area contributed by atoms with Crippen molar-refractivity contribution >= 4 is 25.6 Å². The zero-order valence-corrected chi connectivity index (χ0v) is 5.58. The first-order valence-electron chi connectivity index (χ1n) is 1.29. The zero-order chi connectivity index (χ0) is 4.50. The van der Waals surface area contributed by atoms with E-state index in [1.54, 1.807) is 0 Å². The molecule has 4 heteroatoms. The van der Waals surface area contributed by atoms with E-state index < -0.39 is 0 Å². The maximum Gasteiger partial charge on any atom is 0.0892 e. The van der Waals surface area contributed by atoms with Gasteiger partial charge in [0.25, 0.3) is 0 Å². The van der Waals surface area contributed by atoms with Gasteiger partial charge in [-0.15, -0.1) is 0 Å². The number of nitrogens with zero attached hydrogens (tertiary/aromatic N) is 1. The van der Waals surface area contributed by atoms with Gasteiger partial charge < -0.3 is 5.48 Å². The fourth-order valence-electron chi connectivity index (χ4n) is 0. The van der Waals surface area contributed by atoms with Gasteiger partial charge in [0.15, 0.2) is 0 Å². The smallest absolute Gasteiger partial charge is 0.0892 e. The van der Waals surface area contributed by atoms with Crippen LogP contribution in [0.4, 0.5) is 0 Å². The van der Waals surface area contributed by atoms with Gasteiger partial charge in [0, 0.05) is 0 Å². The molecule has 0 heterocycles. The van der Waals surface area contributed by atoms with Crippen LogP contribution >= 0.6 is 25.6 Å². The van der Waals surface area contributed by atoms with E-state index in [4.69, 9.17) is 0 Å². The molecule has 2 nitrogen and oxygen atoms in total. The normalized spacial score (nSPS) is 10.0. The fraction of sp³-hybridized carbons (Fsp3) is 1.00. The molecule has 0 radical (unpaired) electrons. The summed E-state index contributed by atoms with van der Waals surface area (Å²) in [6, 6.07) is 0. The van der Waals surface area contributed by atoms with Crippen molar-refractivity contribution in [3.8, 4) is 0 Å². The summed E-state index contributed by atoms with van der Waals surface area (Å²) in [5, 5.41) is 0. The molecular weight excluding hydrogens is 118 g/mol. The van der Waals surface area contributed by atoms with Gasteiger partial charge in [-0.2, -0.15) is 0 Å².